The number of ether oxygens (including phenoxy) is 1. The molecule has 1 unspecified atom stereocenters. The van der Waals surface area contributed by atoms with Gasteiger partial charge in [-0.25, -0.2) is 0 Å². The average molecular weight is 261 g/mol. The monoisotopic (exact) mass is 261 g/mol. The van der Waals surface area contributed by atoms with Gasteiger partial charge >= 0.3 is 0 Å². The zero-order valence-corrected chi connectivity index (χ0v) is 12.3. The highest BCUT2D eigenvalue weighted by Crippen LogP contribution is 2.25. The number of rotatable bonds is 7. The molecule has 2 rings (SSSR count). The second kappa shape index (κ2) is 7.54. The molecule has 1 aromatic rings. The number of aryl methyl sites for hydroxylation is 1. The van der Waals surface area contributed by atoms with Crippen molar-refractivity contribution >= 4 is 0 Å². The molecule has 1 saturated carbocycles. The van der Waals surface area contributed by atoms with Crippen LogP contribution >= 0.6 is 0 Å². The van der Waals surface area contributed by atoms with Gasteiger partial charge in [0.15, 0.2) is 0 Å². The molecule has 0 heterocycles. The van der Waals surface area contributed by atoms with Crippen molar-refractivity contribution in [3.05, 3.63) is 29.8 Å². The zero-order valence-electron chi connectivity index (χ0n) is 12.3. The Morgan fingerprint density at radius 2 is 1.89 bits per heavy atom. The van der Waals surface area contributed by atoms with Crippen LogP contribution in [0.15, 0.2) is 24.3 Å². The maximum absolute atomic E-state index is 5.88. The van der Waals surface area contributed by atoms with Crippen molar-refractivity contribution in [1.29, 1.82) is 0 Å². The summed E-state index contributed by atoms with van der Waals surface area (Å²) in [6, 6.07) is 9.22. The molecule has 0 bridgehead atoms. The van der Waals surface area contributed by atoms with Crippen LogP contribution in [0.1, 0.15) is 44.6 Å². The number of hydrogen-bond donors (Lipinski definition) is 1. The van der Waals surface area contributed by atoms with Crippen molar-refractivity contribution < 1.29 is 4.74 Å². The summed E-state index contributed by atoms with van der Waals surface area (Å²) in [4.78, 5) is 0. The highest BCUT2D eigenvalue weighted by atomic mass is 16.5. The molecule has 1 aromatic carbocycles. The second-order valence-corrected chi connectivity index (χ2v) is 5.83. The van der Waals surface area contributed by atoms with Crippen LogP contribution in [0.5, 0.6) is 5.75 Å². The van der Waals surface area contributed by atoms with Crippen molar-refractivity contribution in [3.8, 4) is 5.75 Å². The van der Waals surface area contributed by atoms with E-state index >= 15 is 0 Å². The van der Waals surface area contributed by atoms with E-state index in [4.69, 9.17) is 4.74 Å². The fourth-order valence-electron chi connectivity index (χ4n) is 2.67. The summed E-state index contributed by atoms with van der Waals surface area (Å²) in [5.41, 5.74) is 1.40. The maximum Gasteiger partial charge on any atom is 0.119 e. The van der Waals surface area contributed by atoms with Crippen molar-refractivity contribution in [2.24, 2.45) is 5.92 Å². The van der Waals surface area contributed by atoms with Crippen LogP contribution < -0.4 is 10.1 Å². The van der Waals surface area contributed by atoms with E-state index in [0.29, 0.717) is 6.04 Å². The minimum atomic E-state index is 0.582. The first-order valence-electron chi connectivity index (χ1n) is 7.67. The third kappa shape index (κ3) is 4.87. The lowest BCUT2D eigenvalue weighted by Gasteiger charge is -2.12. The molecule has 1 aliphatic carbocycles. The summed E-state index contributed by atoms with van der Waals surface area (Å²) in [6.07, 6.45) is 7.77. The lowest BCUT2D eigenvalue weighted by atomic mass is 10.1. The van der Waals surface area contributed by atoms with Crippen LogP contribution in [0.25, 0.3) is 0 Å². The molecule has 0 aliphatic heterocycles. The summed E-state index contributed by atoms with van der Waals surface area (Å²) in [5, 5.41) is 3.27. The van der Waals surface area contributed by atoms with Crippen molar-refractivity contribution in [1.82, 2.24) is 5.32 Å². The van der Waals surface area contributed by atoms with Crippen LogP contribution in [0.3, 0.4) is 0 Å². The van der Waals surface area contributed by atoms with Crippen molar-refractivity contribution in [2.45, 2.75) is 51.5 Å². The van der Waals surface area contributed by atoms with Crippen LogP contribution in [0.4, 0.5) is 0 Å². The molecule has 0 spiro atoms. The molecule has 1 aliphatic rings. The van der Waals surface area contributed by atoms with Gasteiger partial charge in [-0.1, -0.05) is 25.0 Å². The normalized spacial score (nSPS) is 17.6. The van der Waals surface area contributed by atoms with Crippen molar-refractivity contribution in [3.63, 3.8) is 0 Å². The predicted octanol–water partition coefficient (Wildman–Crippen LogP) is 3.80. The fourth-order valence-corrected chi connectivity index (χ4v) is 2.67. The van der Waals surface area contributed by atoms with Crippen LogP contribution in [0.2, 0.25) is 0 Å². The Morgan fingerprint density at radius 1 is 1.21 bits per heavy atom. The molecule has 0 aromatic heterocycles. The third-order valence-electron chi connectivity index (χ3n) is 4.24. The highest BCUT2D eigenvalue weighted by molar-refractivity contribution is 5.27. The minimum absolute atomic E-state index is 0.582. The van der Waals surface area contributed by atoms with Gasteiger partial charge in [-0.3, -0.25) is 0 Å². The molecule has 2 nitrogen and oxygen atoms in total. The molecule has 1 N–H and O–H groups in total. The molecule has 1 atom stereocenters. The first-order valence-corrected chi connectivity index (χ1v) is 7.67. The van der Waals surface area contributed by atoms with Gasteiger partial charge in [-0.2, -0.15) is 0 Å². The van der Waals surface area contributed by atoms with Gasteiger partial charge in [0.1, 0.15) is 5.75 Å². The topological polar surface area (TPSA) is 21.3 Å². The number of hydrogen-bond acceptors (Lipinski definition) is 2. The average Bonchev–Trinajstić information content (AvgIpc) is 2.97. The highest BCUT2D eigenvalue weighted by Gasteiger charge is 2.15. The molecule has 19 heavy (non-hydrogen) atoms. The van der Waals surface area contributed by atoms with Gasteiger partial charge in [-0.05, 0) is 63.3 Å². The molecule has 106 valence electrons. The molecule has 0 amide bonds. The molecular formula is C17H27NO. The van der Waals surface area contributed by atoms with Gasteiger partial charge in [0, 0.05) is 6.04 Å². The van der Waals surface area contributed by atoms with Gasteiger partial charge in [-0.15, -0.1) is 0 Å². The standard InChI is InChI=1S/C17H27NO/c1-14(18-2)7-8-15-9-11-17(12-10-15)19-13-16-5-3-4-6-16/h9-12,14,16,18H,3-8,13H2,1-2H3. The quantitative estimate of drug-likeness (QED) is 0.806. The van der Waals surface area contributed by atoms with E-state index in [1.54, 1.807) is 0 Å². The summed E-state index contributed by atoms with van der Waals surface area (Å²) in [6.45, 7) is 3.12. The van der Waals surface area contributed by atoms with E-state index in [9.17, 15) is 0 Å². The van der Waals surface area contributed by atoms with E-state index in [2.05, 4.69) is 36.5 Å². The number of nitrogens with one attached hydrogen (secondary N) is 1. The summed E-state index contributed by atoms with van der Waals surface area (Å²) >= 11 is 0. The first kappa shape index (κ1) is 14.4. The van der Waals surface area contributed by atoms with Gasteiger partial charge in [0.25, 0.3) is 0 Å². The largest absolute Gasteiger partial charge is 0.493 e. The molecule has 2 heteroatoms. The smallest absolute Gasteiger partial charge is 0.119 e. The first-order chi connectivity index (χ1) is 9.28. The van der Waals surface area contributed by atoms with Crippen LogP contribution in [0, 0.1) is 5.92 Å². The summed E-state index contributed by atoms with van der Waals surface area (Å²) in [7, 11) is 2.02. The van der Waals surface area contributed by atoms with Crippen LogP contribution in [-0.4, -0.2) is 19.7 Å². The maximum atomic E-state index is 5.88. The second-order valence-electron chi connectivity index (χ2n) is 5.83. The summed E-state index contributed by atoms with van der Waals surface area (Å²) < 4.78 is 5.88. The zero-order chi connectivity index (χ0) is 13.5. The Labute approximate surface area is 117 Å². The third-order valence-corrected chi connectivity index (χ3v) is 4.24. The Balaban J connectivity index is 1.74. The van der Waals surface area contributed by atoms with Crippen LogP contribution in [-0.2, 0) is 6.42 Å². The van der Waals surface area contributed by atoms with Gasteiger partial charge in [0.2, 0.25) is 0 Å². The predicted molar refractivity (Wildman–Crippen MR) is 80.7 cm³/mol. The minimum Gasteiger partial charge on any atom is -0.493 e. The molecule has 0 radical (unpaired) electrons. The van der Waals surface area contributed by atoms with E-state index in [1.807, 2.05) is 7.05 Å². The van der Waals surface area contributed by atoms with E-state index in [-0.39, 0.29) is 0 Å². The van der Waals surface area contributed by atoms with Crippen molar-refractivity contribution in [2.75, 3.05) is 13.7 Å². The Hall–Kier alpha value is -1.02. The fraction of sp³-hybridized carbons (Fsp3) is 0.647. The molecule has 1 fully saturated rings. The van der Waals surface area contributed by atoms with Gasteiger partial charge in [0.05, 0.1) is 6.61 Å². The Morgan fingerprint density at radius 3 is 2.53 bits per heavy atom. The lowest BCUT2D eigenvalue weighted by Crippen LogP contribution is -2.21. The lowest BCUT2D eigenvalue weighted by molar-refractivity contribution is 0.252. The molecular weight excluding hydrogens is 234 g/mol. The van der Waals surface area contributed by atoms with E-state index < -0.39 is 0 Å². The van der Waals surface area contributed by atoms with Gasteiger partial charge < -0.3 is 10.1 Å². The van der Waals surface area contributed by atoms with E-state index in [0.717, 1.165) is 24.7 Å². The summed E-state index contributed by atoms with van der Waals surface area (Å²) in [5.74, 6) is 1.81. The molecule has 0 saturated heterocycles. The van der Waals surface area contributed by atoms with E-state index in [1.165, 1.54) is 37.7 Å². The Kier molecular flexibility index (Phi) is 5.71. The SMILES string of the molecule is CNC(C)CCc1ccc(OCC2CCCC2)cc1. The Bertz CT molecular complexity index is 354. The number of benzene rings is 1.